The van der Waals surface area contributed by atoms with Crippen molar-refractivity contribution in [3.05, 3.63) is 21.6 Å². The number of H-pyrrole nitrogens is 1. The summed E-state index contributed by atoms with van der Waals surface area (Å²) in [7, 11) is 0. The summed E-state index contributed by atoms with van der Waals surface area (Å²) in [5, 5.41) is 3.59. The first-order chi connectivity index (χ1) is 12.4. The van der Waals surface area contributed by atoms with Gasteiger partial charge in [0.1, 0.15) is 0 Å². The van der Waals surface area contributed by atoms with Crippen LogP contribution in [-0.4, -0.2) is 53.2 Å². The fraction of sp³-hybridized carbons (Fsp3) is 0.737. The molecule has 1 saturated heterocycles. The number of hydrogen-bond donors (Lipinski definition) is 2. The molecule has 1 aliphatic heterocycles. The van der Waals surface area contributed by atoms with Gasteiger partial charge in [-0.15, -0.1) is 0 Å². The van der Waals surface area contributed by atoms with Gasteiger partial charge in [0, 0.05) is 37.3 Å². The summed E-state index contributed by atoms with van der Waals surface area (Å²) in [6, 6.07) is 0. The van der Waals surface area contributed by atoms with Crippen molar-refractivity contribution in [1.29, 1.82) is 0 Å². The molecule has 2 heterocycles. The van der Waals surface area contributed by atoms with E-state index in [0.29, 0.717) is 35.8 Å². The number of thioether (sulfide) groups is 1. The highest BCUT2D eigenvalue weighted by atomic mass is 32.2. The predicted molar refractivity (Wildman–Crippen MR) is 107 cm³/mol. The quantitative estimate of drug-likeness (QED) is 0.411. The maximum Gasteiger partial charge on any atom is 0.254 e. The molecule has 0 aromatic carbocycles. The van der Waals surface area contributed by atoms with E-state index in [1.54, 1.807) is 0 Å². The van der Waals surface area contributed by atoms with E-state index in [1.807, 2.05) is 13.2 Å². The van der Waals surface area contributed by atoms with Gasteiger partial charge in [0.15, 0.2) is 5.16 Å². The zero-order valence-electron chi connectivity index (χ0n) is 16.4. The zero-order chi connectivity index (χ0) is 19.1. The van der Waals surface area contributed by atoms with Crippen molar-refractivity contribution in [2.45, 2.75) is 51.6 Å². The van der Waals surface area contributed by atoms with Crippen molar-refractivity contribution in [3.63, 3.8) is 0 Å². The van der Waals surface area contributed by atoms with Gasteiger partial charge in [-0.1, -0.05) is 25.6 Å². The Bertz CT molecular complexity index is 651. The lowest BCUT2D eigenvalue weighted by Gasteiger charge is -2.34. The van der Waals surface area contributed by atoms with Crippen LogP contribution in [0.15, 0.2) is 9.95 Å². The van der Waals surface area contributed by atoms with Gasteiger partial charge in [-0.2, -0.15) is 0 Å². The number of carbonyl (C=O) groups excluding carboxylic acids is 1. The standard InChI is InChI=1S/C19H32N4O2S/c1-13-10-14(2)12-23(11-13)9-5-8-20-17(24)7-6-16-15(3)21-19(26-4)22-18(16)25/h13-14H,5-12H2,1-4H3,(H,20,24)(H,21,22,25). The van der Waals surface area contributed by atoms with Crippen LogP contribution in [-0.2, 0) is 11.2 Å². The molecule has 2 N–H and O–H groups in total. The molecule has 0 radical (unpaired) electrons. The average molecular weight is 381 g/mol. The van der Waals surface area contributed by atoms with E-state index in [2.05, 4.69) is 34.0 Å². The molecule has 1 amide bonds. The largest absolute Gasteiger partial charge is 0.356 e. The van der Waals surface area contributed by atoms with E-state index in [0.717, 1.165) is 24.8 Å². The number of aromatic nitrogens is 2. The van der Waals surface area contributed by atoms with Crippen molar-refractivity contribution in [1.82, 2.24) is 20.2 Å². The number of carbonyl (C=O) groups is 1. The van der Waals surface area contributed by atoms with E-state index in [-0.39, 0.29) is 11.5 Å². The second-order valence-corrected chi connectivity index (χ2v) is 8.34. The van der Waals surface area contributed by atoms with Gasteiger partial charge in [-0.05, 0) is 50.8 Å². The van der Waals surface area contributed by atoms with E-state index in [9.17, 15) is 9.59 Å². The van der Waals surface area contributed by atoms with E-state index in [1.165, 1.54) is 31.3 Å². The lowest BCUT2D eigenvalue weighted by atomic mass is 9.92. The highest BCUT2D eigenvalue weighted by molar-refractivity contribution is 7.98. The third kappa shape index (κ3) is 6.43. The Balaban J connectivity index is 1.69. The highest BCUT2D eigenvalue weighted by Crippen LogP contribution is 2.20. The molecule has 0 aliphatic carbocycles. The maximum absolute atomic E-state index is 12.1. The van der Waals surface area contributed by atoms with Crippen LogP contribution in [0.5, 0.6) is 0 Å². The molecule has 2 unspecified atom stereocenters. The molecule has 0 saturated carbocycles. The first-order valence-electron chi connectivity index (χ1n) is 9.51. The molecule has 26 heavy (non-hydrogen) atoms. The average Bonchev–Trinajstić information content (AvgIpc) is 2.57. The van der Waals surface area contributed by atoms with Gasteiger partial charge in [-0.25, -0.2) is 4.98 Å². The molecule has 1 fully saturated rings. The van der Waals surface area contributed by atoms with Crippen LogP contribution in [0.3, 0.4) is 0 Å². The molecule has 1 aliphatic rings. The SMILES string of the molecule is CSc1nc(C)c(CCC(=O)NCCCN2CC(C)CC(C)C2)c(=O)[nH]1. The second kappa shape index (κ2) is 10.1. The molecular formula is C19H32N4O2S. The van der Waals surface area contributed by atoms with Crippen LogP contribution in [0.4, 0.5) is 0 Å². The molecule has 0 spiro atoms. The minimum Gasteiger partial charge on any atom is -0.356 e. The normalized spacial score (nSPS) is 20.9. The Labute approximate surface area is 160 Å². The van der Waals surface area contributed by atoms with Crippen molar-refractivity contribution in [2.24, 2.45) is 11.8 Å². The van der Waals surface area contributed by atoms with Gasteiger partial charge < -0.3 is 15.2 Å². The third-order valence-corrected chi connectivity index (χ3v) is 5.49. The summed E-state index contributed by atoms with van der Waals surface area (Å²) in [5.41, 5.74) is 1.18. The minimum absolute atomic E-state index is 0.00174. The van der Waals surface area contributed by atoms with E-state index in [4.69, 9.17) is 0 Å². The summed E-state index contributed by atoms with van der Waals surface area (Å²) in [6.45, 7) is 10.5. The summed E-state index contributed by atoms with van der Waals surface area (Å²) >= 11 is 1.41. The van der Waals surface area contributed by atoms with Gasteiger partial charge in [0.2, 0.25) is 5.91 Å². The van der Waals surface area contributed by atoms with Crippen LogP contribution in [0.1, 0.15) is 44.4 Å². The van der Waals surface area contributed by atoms with Crippen molar-refractivity contribution in [2.75, 3.05) is 32.4 Å². The third-order valence-electron chi connectivity index (χ3n) is 4.91. The van der Waals surface area contributed by atoms with Crippen molar-refractivity contribution < 1.29 is 4.79 Å². The van der Waals surface area contributed by atoms with Crippen LogP contribution in [0.2, 0.25) is 0 Å². The van der Waals surface area contributed by atoms with Crippen LogP contribution in [0.25, 0.3) is 0 Å². The first-order valence-corrected chi connectivity index (χ1v) is 10.7. The number of rotatable bonds is 8. The first kappa shape index (κ1) is 21.0. The molecule has 2 atom stereocenters. The predicted octanol–water partition coefficient (Wildman–Crippen LogP) is 2.22. The van der Waals surface area contributed by atoms with Crippen LogP contribution < -0.4 is 10.9 Å². The van der Waals surface area contributed by atoms with Gasteiger partial charge in [0.25, 0.3) is 5.56 Å². The number of hydrogen-bond acceptors (Lipinski definition) is 5. The lowest BCUT2D eigenvalue weighted by molar-refractivity contribution is -0.121. The highest BCUT2D eigenvalue weighted by Gasteiger charge is 2.21. The molecule has 2 rings (SSSR count). The second-order valence-electron chi connectivity index (χ2n) is 7.55. The maximum atomic E-state index is 12.1. The van der Waals surface area contributed by atoms with Gasteiger partial charge in [0.05, 0.1) is 0 Å². The number of aryl methyl sites for hydroxylation is 1. The van der Waals surface area contributed by atoms with Crippen LogP contribution in [0, 0.1) is 18.8 Å². The minimum atomic E-state index is -0.136. The number of amides is 1. The fourth-order valence-corrected chi connectivity index (χ4v) is 4.23. The van der Waals surface area contributed by atoms with E-state index < -0.39 is 0 Å². The summed E-state index contributed by atoms with van der Waals surface area (Å²) in [5.74, 6) is 1.53. The molecular weight excluding hydrogens is 348 g/mol. The summed E-state index contributed by atoms with van der Waals surface area (Å²) in [6.07, 6.45) is 4.90. The number of piperidine rings is 1. The summed E-state index contributed by atoms with van der Waals surface area (Å²) < 4.78 is 0. The van der Waals surface area contributed by atoms with E-state index >= 15 is 0 Å². The molecule has 1 aromatic heterocycles. The number of likely N-dealkylation sites (tertiary alicyclic amines) is 1. The molecule has 1 aromatic rings. The Kier molecular flexibility index (Phi) is 8.15. The Morgan fingerprint density at radius 2 is 2.04 bits per heavy atom. The zero-order valence-corrected chi connectivity index (χ0v) is 17.2. The smallest absolute Gasteiger partial charge is 0.254 e. The molecule has 146 valence electrons. The molecule has 6 nitrogen and oxygen atoms in total. The Morgan fingerprint density at radius 3 is 2.65 bits per heavy atom. The summed E-state index contributed by atoms with van der Waals surface area (Å²) in [4.78, 5) is 33.7. The molecule has 7 heteroatoms. The van der Waals surface area contributed by atoms with Crippen molar-refractivity contribution in [3.8, 4) is 0 Å². The number of nitrogens with zero attached hydrogens (tertiary/aromatic N) is 2. The van der Waals surface area contributed by atoms with Gasteiger partial charge >= 0.3 is 0 Å². The Hall–Kier alpha value is -1.34. The molecule has 0 bridgehead atoms. The number of nitrogens with one attached hydrogen (secondary N) is 2. The van der Waals surface area contributed by atoms with Crippen LogP contribution >= 0.6 is 11.8 Å². The lowest BCUT2D eigenvalue weighted by Crippen LogP contribution is -2.40. The van der Waals surface area contributed by atoms with Crippen molar-refractivity contribution >= 4 is 17.7 Å². The Morgan fingerprint density at radius 1 is 1.35 bits per heavy atom. The number of aromatic amines is 1. The topological polar surface area (TPSA) is 78.1 Å². The monoisotopic (exact) mass is 380 g/mol. The van der Waals surface area contributed by atoms with Gasteiger partial charge in [-0.3, -0.25) is 9.59 Å². The fourth-order valence-electron chi connectivity index (χ4n) is 3.81.